The molecule has 0 aromatic heterocycles. The SMILES string of the molecule is C=C(C)C(=O)OCCNC(C)C(C)C#N. The second-order valence-corrected chi connectivity index (χ2v) is 3.58. The highest BCUT2D eigenvalue weighted by atomic mass is 16.5. The smallest absolute Gasteiger partial charge is 0.333 e. The Morgan fingerprint density at radius 2 is 2.20 bits per heavy atom. The van der Waals surface area contributed by atoms with Gasteiger partial charge in [0.1, 0.15) is 6.61 Å². The van der Waals surface area contributed by atoms with Gasteiger partial charge in [-0.2, -0.15) is 5.26 Å². The van der Waals surface area contributed by atoms with E-state index in [2.05, 4.69) is 18.0 Å². The minimum atomic E-state index is -0.377. The van der Waals surface area contributed by atoms with Gasteiger partial charge >= 0.3 is 5.97 Å². The number of nitriles is 1. The molecule has 2 unspecified atom stereocenters. The van der Waals surface area contributed by atoms with Crippen molar-refractivity contribution in [2.75, 3.05) is 13.2 Å². The number of nitrogens with one attached hydrogen (secondary N) is 1. The van der Waals surface area contributed by atoms with Crippen LogP contribution in [0, 0.1) is 17.2 Å². The Balaban J connectivity index is 3.60. The van der Waals surface area contributed by atoms with Crippen molar-refractivity contribution in [1.29, 1.82) is 5.26 Å². The van der Waals surface area contributed by atoms with Gasteiger partial charge in [-0.3, -0.25) is 0 Å². The van der Waals surface area contributed by atoms with Gasteiger partial charge in [0.25, 0.3) is 0 Å². The van der Waals surface area contributed by atoms with Crippen molar-refractivity contribution in [2.45, 2.75) is 26.8 Å². The quantitative estimate of drug-likeness (QED) is 0.407. The van der Waals surface area contributed by atoms with E-state index in [0.717, 1.165) is 0 Å². The summed E-state index contributed by atoms with van der Waals surface area (Å²) in [4.78, 5) is 11.0. The van der Waals surface area contributed by atoms with E-state index in [-0.39, 0.29) is 17.9 Å². The first kappa shape index (κ1) is 13.7. The molecule has 0 heterocycles. The first-order chi connectivity index (χ1) is 6.99. The van der Waals surface area contributed by atoms with Crippen LogP contribution in [0.1, 0.15) is 20.8 Å². The van der Waals surface area contributed by atoms with E-state index in [9.17, 15) is 4.79 Å². The van der Waals surface area contributed by atoms with Gasteiger partial charge in [0.2, 0.25) is 0 Å². The van der Waals surface area contributed by atoms with Gasteiger partial charge in [-0.05, 0) is 20.8 Å². The van der Waals surface area contributed by atoms with Gasteiger partial charge in [-0.1, -0.05) is 6.58 Å². The topological polar surface area (TPSA) is 62.1 Å². The van der Waals surface area contributed by atoms with Crippen molar-refractivity contribution in [3.05, 3.63) is 12.2 Å². The van der Waals surface area contributed by atoms with E-state index < -0.39 is 0 Å². The van der Waals surface area contributed by atoms with E-state index in [1.165, 1.54) is 0 Å². The fourth-order valence-corrected chi connectivity index (χ4v) is 0.842. The molecule has 0 saturated heterocycles. The monoisotopic (exact) mass is 210 g/mol. The lowest BCUT2D eigenvalue weighted by Crippen LogP contribution is -2.34. The van der Waals surface area contributed by atoms with Crippen LogP contribution in [0.15, 0.2) is 12.2 Å². The van der Waals surface area contributed by atoms with Crippen LogP contribution < -0.4 is 5.32 Å². The number of ether oxygens (including phenoxy) is 1. The number of carbonyl (C=O) groups excluding carboxylic acids is 1. The van der Waals surface area contributed by atoms with E-state index in [1.54, 1.807) is 6.92 Å². The van der Waals surface area contributed by atoms with Gasteiger partial charge in [0.15, 0.2) is 0 Å². The molecule has 0 aliphatic carbocycles. The van der Waals surface area contributed by atoms with Gasteiger partial charge in [-0.25, -0.2) is 4.79 Å². The summed E-state index contributed by atoms with van der Waals surface area (Å²) in [7, 11) is 0. The Labute approximate surface area is 90.9 Å². The van der Waals surface area contributed by atoms with Crippen LogP contribution in [-0.4, -0.2) is 25.2 Å². The number of hydrogen-bond donors (Lipinski definition) is 1. The average molecular weight is 210 g/mol. The lowest BCUT2D eigenvalue weighted by atomic mass is 10.1. The van der Waals surface area contributed by atoms with Crippen molar-refractivity contribution in [3.8, 4) is 6.07 Å². The van der Waals surface area contributed by atoms with Crippen LogP contribution in [-0.2, 0) is 9.53 Å². The summed E-state index contributed by atoms with van der Waals surface area (Å²) < 4.78 is 4.88. The maximum atomic E-state index is 11.0. The molecule has 0 amide bonds. The molecule has 0 aliphatic heterocycles. The lowest BCUT2D eigenvalue weighted by molar-refractivity contribution is -0.138. The highest BCUT2D eigenvalue weighted by Crippen LogP contribution is 1.99. The molecule has 0 spiro atoms. The zero-order valence-electron chi connectivity index (χ0n) is 9.54. The van der Waals surface area contributed by atoms with E-state index in [0.29, 0.717) is 18.7 Å². The normalized spacial score (nSPS) is 13.7. The van der Waals surface area contributed by atoms with Crippen LogP contribution in [0.4, 0.5) is 0 Å². The highest BCUT2D eigenvalue weighted by Gasteiger charge is 2.10. The average Bonchev–Trinajstić information content (AvgIpc) is 2.22. The predicted molar refractivity (Wildman–Crippen MR) is 58.0 cm³/mol. The third kappa shape index (κ3) is 5.87. The van der Waals surface area contributed by atoms with Crippen molar-refractivity contribution >= 4 is 5.97 Å². The molecule has 0 aromatic carbocycles. The molecule has 0 aliphatic rings. The van der Waals surface area contributed by atoms with Crippen LogP contribution >= 0.6 is 0 Å². The minimum absolute atomic E-state index is 0.0539. The second kappa shape index (κ2) is 7.02. The molecule has 2 atom stereocenters. The fourth-order valence-electron chi connectivity index (χ4n) is 0.842. The molecule has 1 N–H and O–H groups in total. The van der Waals surface area contributed by atoms with Crippen LogP contribution in [0.5, 0.6) is 0 Å². The van der Waals surface area contributed by atoms with Gasteiger partial charge in [-0.15, -0.1) is 0 Å². The van der Waals surface area contributed by atoms with Crippen LogP contribution in [0.3, 0.4) is 0 Å². The standard InChI is InChI=1S/C11H18N2O2/c1-8(2)11(14)15-6-5-13-10(4)9(3)7-12/h9-10,13H,1,5-6H2,2-4H3. The number of nitrogens with zero attached hydrogens (tertiary/aromatic N) is 1. The van der Waals surface area contributed by atoms with Gasteiger partial charge in [0, 0.05) is 18.2 Å². The molecule has 84 valence electrons. The highest BCUT2D eigenvalue weighted by molar-refractivity contribution is 5.86. The summed E-state index contributed by atoms with van der Waals surface area (Å²) in [5.74, 6) is -0.431. The van der Waals surface area contributed by atoms with Crippen molar-refractivity contribution in [1.82, 2.24) is 5.32 Å². The summed E-state index contributed by atoms with van der Waals surface area (Å²) in [6.45, 7) is 9.70. The van der Waals surface area contributed by atoms with E-state index in [4.69, 9.17) is 10.00 Å². The number of rotatable bonds is 6. The molecule has 0 bridgehead atoms. The third-order valence-electron chi connectivity index (χ3n) is 2.10. The van der Waals surface area contributed by atoms with E-state index >= 15 is 0 Å². The molecule has 4 nitrogen and oxygen atoms in total. The summed E-state index contributed by atoms with van der Waals surface area (Å²) in [5.41, 5.74) is 0.397. The third-order valence-corrected chi connectivity index (χ3v) is 2.10. The minimum Gasteiger partial charge on any atom is -0.461 e. The molecular formula is C11H18N2O2. The molecular weight excluding hydrogens is 192 g/mol. The van der Waals surface area contributed by atoms with Crippen molar-refractivity contribution in [3.63, 3.8) is 0 Å². The van der Waals surface area contributed by atoms with E-state index in [1.807, 2.05) is 13.8 Å². The second-order valence-electron chi connectivity index (χ2n) is 3.58. The molecule has 15 heavy (non-hydrogen) atoms. The summed E-state index contributed by atoms with van der Waals surface area (Å²) >= 11 is 0. The molecule has 0 radical (unpaired) electrons. The Bertz CT molecular complexity index is 268. The van der Waals surface area contributed by atoms with Crippen molar-refractivity contribution in [2.24, 2.45) is 5.92 Å². The molecule has 4 heteroatoms. The number of hydrogen-bond acceptors (Lipinski definition) is 4. The Hall–Kier alpha value is -1.34. The number of esters is 1. The molecule has 0 saturated carbocycles. The molecule has 0 fully saturated rings. The summed E-state index contributed by atoms with van der Waals surface area (Å²) in [6.07, 6.45) is 0. The first-order valence-electron chi connectivity index (χ1n) is 4.94. The fraction of sp³-hybridized carbons (Fsp3) is 0.636. The first-order valence-corrected chi connectivity index (χ1v) is 4.94. The Morgan fingerprint density at radius 1 is 1.60 bits per heavy atom. The lowest BCUT2D eigenvalue weighted by Gasteiger charge is -2.15. The molecule has 0 aromatic rings. The Kier molecular flexibility index (Phi) is 6.39. The maximum absolute atomic E-state index is 11.0. The summed E-state index contributed by atoms with van der Waals surface area (Å²) in [6, 6.07) is 2.24. The number of carbonyl (C=O) groups is 1. The predicted octanol–water partition coefficient (Wildman–Crippen LogP) is 1.24. The van der Waals surface area contributed by atoms with Gasteiger partial charge in [0.05, 0.1) is 12.0 Å². The largest absolute Gasteiger partial charge is 0.461 e. The maximum Gasteiger partial charge on any atom is 0.333 e. The zero-order valence-corrected chi connectivity index (χ0v) is 9.54. The summed E-state index contributed by atoms with van der Waals surface area (Å²) in [5, 5.41) is 11.7. The van der Waals surface area contributed by atoms with Crippen LogP contribution in [0.25, 0.3) is 0 Å². The van der Waals surface area contributed by atoms with Gasteiger partial charge < -0.3 is 10.1 Å². The van der Waals surface area contributed by atoms with Crippen LogP contribution in [0.2, 0.25) is 0 Å². The zero-order chi connectivity index (χ0) is 11.8. The van der Waals surface area contributed by atoms with Crippen molar-refractivity contribution < 1.29 is 9.53 Å². The molecule has 0 rings (SSSR count). The Morgan fingerprint density at radius 3 is 2.67 bits per heavy atom.